The van der Waals surface area contributed by atoms with E-state index >= 15 is 0 Å². The number of piperazine rings is 1. The van der Waals surface area contributed by atoms with Gasteiger partial charge in [0.1, 0.15) is 0 Å². The summed E-state index contributed by atoms with van der Waals surface area (Å²) in [4.78, 5) is 4.27. The van der Waals surface area contributed by atoms with Gasteiger partial charge in [-0.25, -0.2) is 8.42 Å². The third-order valence-electron chi connectivity index (χ3n) is 5.48. The van der Waals surface area contributed by atoms with Crippen molar-refractivity contribution in [2.24, 2.45) is 0 Å². The van der Waals surface area contributed by atoms with Gasteiger partial charge < -0.3 is 4.90 Å². The van der Waals surface area contributed by atoms with Gasteiger partial charge in [-0.2, -0.15) is 4.31 Å². The molecule has 1 aromatic heterocycles. The molecule has 4 nitrogen and oxygen atoms in total. The lowest BCUT2D eigenvalue weighted by Crippen LogP contribution is -2.49. The van der Waals surface area contributed by atoms with Crippen LogP contribution in [-0.4, -0.2) is 50.3 Å². The number of aryl methyl sites for hydroxylation is 2. The molecule has 1 aliphatic heterocycles. The maximum absolute atomic E-state index is 13.3. The smallest absolute Gasteiger partial charge is 0.243 e. The minimum atomic E-state index is -3.44. The van der Waals surface area contributed by atoms with E-state index in [1.165, 1.54) is 4.88 Å². The maximum Gasteiger partial charge on any atom is 0.243 e. The van der Waals surface area contributed by atoms with E-state index in [-0.39, 0.29) is 0 Å². The zero-order valence-corrected chi connectivity index (χ0v) is 17.7. The van der Waals surface area contributed by atoms with Gasteiger partial charge in [0.2, 0.25) is 10.0 Å². The highest BCUT2D eigenvalue weighted by molar-refractivity contribution is 7.89. The number of nitrogens with zero attached hydrogens (tertiary/aromatic N) is 2. The van der Waals surface area contributed by atoms with Gasteiger partial charge in [-0.05, 0) is 67.8 Å². The molecule has 1 fully saturated rings. The molecular formula is C20H28N2O2S2. The molecule has 0 atom stereocenters. The third-order valence-corrected chi connectivity index (χ3v) is 8.59. The zero-order chi connectivity index (χ0) is 18.9. The second-order valence-electron chi connectivity index (χ2n) is 7.16. The molecule has 26 heavy (non-hydrogen) atoms. The Morgan fingerprint density at radius 1 is 1.00 bits per heavy atom. The van der Waals surface area contributed by atoms with Crippen molar-refractivity contribution in [1.29, 1.82) is 0 Å². The summed E-state index contributed by atoms with van der Waals surface area (Å²) < 4.78 is 28.3. The zero-order valence-electron chi connectivity index (χ0n) is 16.1. The van der Waals surface area contributed by atoms with Crippen LogP contribution in [0, 0.1) is 27.7 Å². The number of hydrogen-bond acceptors (Lipinski definition) is 4. The molecule has 0 spiro atoms. The second kappa shape index (κ2) is 7.80. The number of sulfonamides is 1. The molecule has 0 amide bonds. The SMILES string of the molecule is Cc1cc(C)c(C)c(S(=O)(=O)N2CCN(CCc3cccs3)CC2)c1C. The minimum absolute atomic E-state index is 0.516. The molecule has 1 aromatic carbocycles. The number of thiophene rings is 1. The first kappa shape index (κ1) is 19.5. The normalized spacial score (nSPS) is 16.9. The van der Waals surface area contributed by atoms with Gasteiger partial charge in [-0.3, -0.25) is 0 Å². The molecule has 0 bridgehead atoms. The summed E-state index contributed by atoms with van der Waals surface area (Å²) in [5.74, 6) is 0. The Morgan fingerprint density at radius 2 is 1.62 bits per heavy atom. The average molecular weight is 393 g/mol. The molecule has 3 rings (SSSR count). The monoisotopic (exact) mass is 392 g/mol. The molecule has 0 aliphatic carbocycles. The van der Waals surface area contributed by atoms with Gasteiger partial charge in [0.05, 0.1) is 4.90 Å². The fraction of sp³-hybridized carbons (Fsp3) is 0.500. The number of hydrogen-bond donors (Lipinski definition) is 0. The van der Waals surface area contributed by atoms with Crippen molar-refractivity contribution in [3.05, 3.63) is 50.7 Å². The first-order chi connectivity index (χ1) is 12.3. The van der Waals surface area contributed by atoms with Gasteiger partial charge in [0.15, 0.2) is 0 Å². The summed E-state index contributed by atoms with van der Waals surface area (Å²) in [6, 6.07) is 6.32. The Kier molecular flexibility index (Phi) is 5.87. The van der Waals surface area contributed by atoms with Crippen LogP contribution in [0.2, 0.25) is 0 Å². The van der Waals surface area contributed by atoms with E-state index < -0.39 is 10.0 Å². The van der Waals surface area contributed by atoms with Gasteiger partial charge in [0.25, 0.3) is 0 Å². The predicted molar refractivity (Wildman–Crippen MR) is 109 cm³/mol. The summed E-state index contributed by atoms with van der Waals surface area (Å²) in [6.07, 6.45) is 1.04. The van der Waals surface area contributed by atoms with Crippen LogP contribution in [0.3, 0.4) is 0 Å². The molecule has 1 saturated heterocycles. The highest BCUT2D eigenvalue weighted by atomic mass is 32.2. The lowest BCUT2D eigenvalue weighted by atomic mass is 10.0. The first-order valence-corrected chi connectivity index (χ1v) is 11.4. The fourth-order valence-corrected chi connectivity index (χ4v) is 6.31. The Morgan fingerprint density at radius 3 is 2.15 bits per heavy atom. The van der Waals surface area contributed by atoms with Gasteiger partial charge in [-0.1, -0.05) is 12.1 Å². The summed E-state index contributed by atoms with van der Waals surface area (Å²) >= 11 is 1.79. The molecule has 2 aromatic rings. The van der Waals surface area contributed by atoms with Crippen LogP contribution in [0.5, 0.6) is 0 Å². The van der Waals surface area contributed by atoms with Crippen molar-refractivity contribution in [1.82, 2.24) is 9.21 Å². The van der Waals surface area contributed by atoms with Crippen LogP contribution >= 0.6 is 11.3 Å². The van der Waals surface area contributed by atoms with Gasteiger partial charge >= 0.3 is 0 Å². The Labute approximate surface area is 161 Å². The van der Waals surface area contributed by atoms with Crippen LogP contribution in [0.1, 0.15) is 27.1 Å². The summed E-state index contributed by atoms with van der Waals surface area (Å²) in [5.41, 5.74) is 3.85. The number of benzene rings is 1. The minimum Gasteiger partial charge on any atom is -0.300 e. The van der Waals surface area contributed by atoms with Gasteiger partial charge in [-0.15, -0.1) is 11.3 Å². The molecule has 1 aliphatic rings. The highest BCUT2D eigenvalue weighted by Crippen LogP contribution is 2.29. The van der Waals surface area contributed by atoms with Crippen molar-refractivity contribution < 1.29 is 8.42 Å². The maximum atomic E-state index is 13.3. The Balaban J connectivity index is 1.71. The molecule has 0 saturated carbocycles. The van der Waals surface area contributed by atoms with E-state index in [0.717, 1.165) is 48.3 Å². The van der Waals surface area contributed by atoms with E-state index in [2.05, 4.69) is 28.5 Å². The first-order valence-electron chi connectivity index (χ1n) is 9.13. The molecule has 0 N–H and O–H groups in total. The molecule has 0 radical (unpaired) electrons. The second-order valence-corrected chi connectivity index (χ2v) is 10.1. The predicted octanol–water partition coefficient (Wildman–Crippen LogP) is 3.53. The Bertz CT molecular complexity index is 839. The fourth-order valence-electron chi connectivity index (χ4n) is 3.61. The molecule has 0 unspecified atom stereocenters. The van der Waals surface area contributed by atoms with Crippen molar-refractivity contribution in [2.45, 2.75) is 39.0 Å². The summed E-state index contributed by atoms with van der Waals surface area (Å²) in [7, 11) is -3.44. The lowest BCUT2D eigenvalue weighted by Gasteiger charge is -2.34. The lowest BCUT2D eigenvalue weighted by molar-refractivity contribution is 0.190. The number of rotatable bonds is 5. The van der Waals surface area contributed by atoms with Crippen molar-refractivity contribution >= 4 is 21.4 Å². The molecular weight excluding hydrogens is 364 g/mol. The highest BCUT2D eigenvalue weighted by Gasteiger charge is 2.31. The Hall–Kier alpha value is -1.21. The van der Waals surface area contributed by atoms with Crippen molar-refractivity contribution in [3.8, 4) is 0 Å². The van der Waals surface area contributed by atoms with E-state index in [1.807, 2.05) is 27.7 Å². The van der Waals surface area contributed by atoms with E-state index in [9.17, 15) is 8.42 Å². The largest absolute Gasteiger partial charge is 0.300 e. The van der Waals surface area contributed by atoms with Crippen LogP contribution in [0.15, 0.2) is 28.5 Å². The molecule has 6 heteroatoms. The average Bonchev–Trinajstić information content (AvgIpc) is 3.12. The van der Waals surface area contributed by atoms with Crippen LogP contribution in [-0.2, 0) is 16.4 Å². The van der Waals surface area contributed by atoms with Crippen LogP contribution < -0.4 is 0 Å². The van der Waals surface area contributed by atoms with Crippen LogP contribution in [0.25, 0.3) is 0 Å². The summed E-state index contributed by atoms with van der Waals surface area (Å²) in [6.45, 7) is 11.6. The van der Waals surface area contributed by atoms with E-state index in [0.29, 0.717) is 18.0 Å². The summed E-state index contributed by atoms with van der Waals surface area (Å²) in [5, 5.41) is 2.11. The topological polar surface area (TPSA) is 40.6 Å². The van der Waals surface area contributed by atoms with Crippen molar-refractivity contribution in [3.63, 3.8) is 0 Å². The molecule has 2 heterocycles. The third kappa shape index (κ3) is 3.88. The van der Waals surface area contributed by atoms with Crippen LogP contribution in [0.4, 0.5) is 0 Å². The van der Waals surface area contributed by atoms with E-state index in [4.69, 9.17) is 0 Å². The van der Waals surface area contributed by atoms with Crippen molar-refractivity contribution in [2.75, 3.05) is 32.7 Å². The quantitative estimate of drug-likeness (QED) is 0.782. The standard InChI is InChI=1S/C20H28N2O2S2/c1-15-14-16(2)18(4)20(17(15)3)26(23,24)22-11-9-21(10-12-22)8-7-19-6-5-13-25-19/h5-6,13-14H,7-12H2,1-4H3. The molecule has 142 valence electrons. The van der Waals surface area contributed by atoms with E-state index in [1.54, 1.807) is 15.6 Å². The van der Waals surface area contributed by atoms with Gasteiger partial charge in [0, 0.05) is 37.6 Å².